The maximum Gasteiger partial charge on any atom is 0.432 e. The molecule has 3 aliphatic heterocycles. The number of Topliss-reactive ketones (excluding diaryl/α,β-unsaturated/α-hetero) is 1. The predicted molar refractivity (Wildman–Crippen MR) is 305 cm³/mol. The first-order valence-electron chi connectivity index (χ1n) is 27.7. The summed E-state index contributed by atoms with van der Waals surface area (Å²) in [5.74, 6) is 20.0. The molecule has 3 rings (SSSR count). The summed E-state index contributed by atoms with van der Waals surface area (Å²) in [5.41, 5.74) is 0. The summed E-state index contributed by atoms with van der Waals surface area (Å²) >= 11 is 0. The van der Waals surface area contributed by atoms with E-state index in [1.54, 1.807) is 27.9 Å². The third-order valence-electron chi connectivity index (χ3n) is 10.8. The minimum atomic E-state index is -0.859. The number of rotatable bonds is 30. The van der Waals surface area contributed by atoms with Crippen molar-refractivity contribution >= 4 is 71.2 Å². The van der Waals surface area contributed by atoms with Crippen LogP contribution in [0.25, 0.3) is 0 Å². The van der Waals surface area contributed by atoms with Gasteiger partial charge in [0.2, 0.25) is 11.8 Å². The van der Waals surface area contributed by atoms with Gasteiger partial charge in [0.05, 0.1) is 0 Å². The number of ketones is 1. The number of hydrogen-bond donors (Lipinski definition) is 4. The first kappa shape index (κ1) is 78.5. The summed E-state index contributed by atoms with van der Waals surface area (Å²) in [5, 5.41) is 12.0. The number of unbranched alkanes of at least 4 members (excludes halogenated alkanes) is 9. The second-order valence-electron chi connectivity index (χ2n) is 17.8. The molecule has 0 saturated carbocycles. The Labute approximate surface area is 486 Å². The molecule has 4 N–H and O–H groups in total. The molecule has 0 bridgehead atoms. The van der Waals surface area contributed by atoms with Crippen LogP contribution in [0.3, 0.4) is 0 Å². The topological polar surface area (TPSA) is 300 Å². The average molecular weight is 1150 g/mol. The Hall–Kier alpha value is -7.76. The fourth-order valence-corrected chi connectivity index (χ4v) is 6.41. The minimum Gasteiger partial charge on any atom is -0.385 e. The van der Waals surface area contributed by atoms with Crippen molar-refractivity contribution in [3.05, 3.63) is 0 Å². The van der Waals surface area contributed by atoms with Crippen LogP contribution in [0.4, 0.5) is 9.59 Å². The minimum absolute atomic E-state index is 0. The summed E-state index contributed by atoms with van der Waals surface area (Å²) in [6.45, 7) is 13.4. The third-order valence-corrected chi connectivity index (χ3v) is 10.8. The van der Waals surface area contributed by atoms with Gasteiger partial charge in [0.1, 0.15) is 5.78 Å². The van der Waals surface area contributed by atoms with Gasteiger partial charge in [0, 0.05) is 130 Å². The normalized spacial score (nSPS) is 12.5. The van der Waals surface area contributed by atoms with Gasteiger partial charge >= 0.3 is 18.2 Å². The number of hydrogen-bond acceptors (Lipinski definition) is 16. The standard InChI is InChI=1S/C16H23N3O5.C12H15NO4.C12H21NO.C9H14N2O5.C9H14O.CH4/c1-2-3-4-5-6-8-13(20)17-11-7-12-18-16(23)24-19-14(21)9-10-15(19)22;1-2-3-4-5-6-7-12(16)17-13-10(14)8-9-11(13)15;1-3-5-7-8-9-10-12(14)13-11-6-4-2;1-15-6-2-5-10-9(14)16-11-7(12)3-4-8(11)13;1-3-4-5-6-7-8-9(2)10;/h4-12H2,1H3,(H,17,20)(H,18,23);4-9H2,1H3;4,6-11H2,1-2H3,(H,13,14);2-6H2,1H3,(H,10,14);5-8H2,1-2H3;1H4. The number of nitrogens with one attached hydrogen (secondary N) is 4. The number of methoxy groups -OCH3 is 1. The number of nitrogens with zero attached hydrogens (tertiary/aromatic N) is 3. The molecule has 10 amide bonds. The van der Waals surface area contributed by atoms with Gasteiger partial charge < -0.3 is 45.3 Å². The molecule has 0 aliphatic carbocycles. The fraction of sp³-hybridized carbons (Fsp3) is 0.661. The molecule has 3 fully saturated rings. The van der Waals surface area contributed by atoms with Crippen LogP contribution in [-0.4, -0.2) is 126 Å². The Balaban J connectivity index is -0.000000975. The van der Waals surface area contributed by atoms with E-state index >= 15 is 0 Å². The van der Waals surface area contributed by atoms with Gasteiger partial charge in [-0.25, -0.2) is 14.4 Å². The van der Waals surface area contributed by atoms with Gasteiger partial charge in [0.15, 0.2) is 0 Å². The highest BCUT2D eigenvalue weighted by atomic mass is 16.7. The van der Waals surface area contributed by atoms with E-state index in [0.29, 0.717) is 73.4 Å². The molecule has 0 aromatic rings. The number of amides is 10. The van der Waals surface area contributed by atoms with Gasteiger partial charge in [-0.15, -0.1) is 62.6 Å². The van der Waals surface area contributed by atoms with Crippen LogP contribution < -0.4 is 21.3 Å². The van der Waals surface area contributed by atoms with Crippen LogP contribution in [0.15, 0.2) is 0 Å². The van der Waals surface area contributed by atoms with Gasteiger partial charge in [-0.1, -0.05) is 20.8 Å². The highest BCUT2D eigenvalue weighted by Crippen LogP contribution is 2.15. The maximum atomic E-state index is 11.5. The quantitative estimate of drug-likeness (QED) is 0.0316. The lowest BCUT2D eigenvalue weighted by molar-refractivity contribution is -0.197. The molecular formula is C59H91N7O16. The Kier molecular flexibility index (Phi) is 51.5. The number of hydroxylamine groups is 6. The molecule has 82 heavy (non-hydrogen) atoms. The maximum absolute atomic E-state index is 11.5. The van der Waals surface area contributed by atoms with Crippen molar-refractivity contribution in [3.8, 4) is 47.4 Å². The number of ether oxygens (including phenoxy) is 1. The summed E-state index contributed by atoms with van der Waals surface area (Å²) in [6.07, 6.45) is 14.8. The average Bonchev–Trinajstić information content (AvgIpc) is 4.05. The lowest BCUT2D eigenvalue weighted by Gasteiger charge is -2.13. The molecule has 3 aliphatic rings. The molecule has 0 unspecified atom stereocenters. The Morgan fingerprint density at radius 2 is 0.744 bits per heavy atom. The van der Waals surface area contributed by atoms with Crippen LogP contribution >= 0.6 is 0 Å². The van der Waals surface area contributed by atoms with E-state index in [-0.39, 0.29) is 76.5 Å². The second-order valence-corrected chi connectivity index (χ2v) is 17.8. The van der Waals surface area contributed by atoms with Crippen molar-refractivity contribution in [2.75, 3.05) is 39.9 Å². The highest BCUT2D eigenvalue weighted by molar-refractivity contribution is 6.02. The largest absolute Gasteiger partial charge is 0.432 e. The van der Waals surface area contributed by atoms with Crippen molar-refractivity contribution < 1.29 is 76.8 Å². The van der Waals surface area contributed by atoms with E-state index < -0.39 is 53.6 Å². The van der Waals surface area contributed by atoms with E-state index in [2.05, 4.69) is 85.2 Å². The molecule has 3 saturated heterocycles. The molecule has 3 heterocycles. The zero-order valence-corrected chi connectivity index (χ0v) is 48.8. The van der Waals surface area contributed by atoms with Crippen LogP contribution in [0.2, 0.25) is 0 Å². The smallest absolute Gasteiger partial charge is 0.385 e. The van der Waals surface area contributed by atoms with Crippen molar-refractivity contribution in [1.29, 1.82) is 0 Å². The number of carbonyl (C=O) groups is 12. The summed E-state index contributed by atoms with van der Waals surface area (Å²) in [7, 11) is 1.56. The fourth-order valence-electron chi connectivity index (χ4n) is 6.41. The third kappa shape index (κ3) is 45.0. The first-order valence-corrected chi connectivity index (χ1v) is 27.7. The highest BCUT2D eigenvalue weighted by Gasteiger charge is 2.34. The summed E-state index contributed by atoms with van der Waals surface area (Å²) in [6, 6.07) is 0. The predicted octanol–water partition coefficient (Wildman–Crippen LogP) is 7.14. The van der Waals surface area contributed by atoms with Crippen molar-refractivity contribution in [2.45, 2.75) is 216 Å². The molecule has 0 spiro atoms. The van der Waals surface area contributed by atoms with Crippen LogP contribution in [-0.2, 0) is 67.2 Å². The van der Waals surface area contributed by atoms with Crippen LogP contribution in [0.5, 0.6) is 0 Å². The van der Waals surface area contributed by atoms with Gasteiger partial charge in [-0.2, -0.15) is 0 Å². The Morgan fingerprint density at radius 1 is 0.427 bits per heavy atom. The molecule has 458 valence electrons. The van der Waals surface area contributed by atoms with Crippen molar-refractivity contribution in [3.63, 3.8) is 0 Å². The van der Waals surface area contributed by atoms with E-state index in [1.807, 2.05) is 13.8 Å². The van der Waals surface area contributed by atoms with Gasteiger partial charge in [0.25, 0.3) is 35.4 Å². The Bertz CT molecular complexity index is 2210. The molecule has 0 radical (unpaired) electrons. The second kappa shape index (κ2) is 53.9. The van der Waals surface area contributed by atoms with Crippen LogP contribution in [0, 0.1) is 47.4 Å². The van der Waals surface area contributed by atoms with E-state index in [9.17, 15) is 57.5 Å². The molecule has 0 atom stereocenters. The zero-order valence-electron chi connectivity index (χ0n) is 48.8. The zero-order chi connectivity index (χ0) is 60.9. The van der Waals surface area contributed by atoms with E-state index in [0.717, 1.165) is 90.0 Å². The lowest BCUT2D eigenvalue weighted by Crippen LogP contribution is -2.38. The first-order chi connectivity index (χ1) is 38.9. The summed E-state index contributed by atoms with van der Waals surface area (Å²) in [4.78, 5) is 148. The van der Waals surface area contributed by atoms with Gasteiger partial charge in [-0.3, -0.25) is 38.4 Å². The SMILES string of the molecule is C.CC#CCCCCC(=O)NCCCC.CC#CCCCCC(=O)NCCCNC(=O)ON1C(=O)CCC1=O.CC#CCCCCC(=O)ON1C(=O)CCC1=O.CC#CCCCCC(C)=O.COCCCNC(=O)ON1C(=O)CCC1=O. The number of carbonyl (C=O) groups excluding carboxylic acids is 12. The van der Waals surface area contributed by atoms with Crippen molar-refractivity contribution in [1.82, 2.24) is 36.5 Å². The van der Waals surface area contributed by atoms with Crippen molar-refractivity contribution in [2.24, 2.45) is 0 Å². The molecular weight excluding hydrogens is 1060 g/mol. The van der Waals surface area contributed by atoms with Gasteiger partial charge in [-0.05, 0) is 105 Å². The molecule has 23 nitrogen and oxygen atoms in total. The molecule has 23 heteroatoms. The number of imide groups is 3. The summed E-state index contributed by atoms with van der Waals surface area (Å²) < 4.78 is 4.78. The molecule has 0 aromatic heterocycles. The van der Waals surface area contributed by atoms with E-state index in [1.165, 1.54) is 0 Å². The van der Waals surface area contributed by atoms with Crippen LogP contribution in [0.1, 0.15) is 216 Å². The van der Waals surface area contributed by atoms with E-state index in [4.69, 9.17) is 9.57 Å². The Morgan fingerprint density at radius 3 is 1.09 bits per heavy atom. The molecule has 0 aromatic carbocycles. The lowest BCUT2D eigenvalue weighted by atomic mass is 10.1. The monoisotopic (exact) mass is 1150 g/mol.